The van der Waals surface area contributed by atoms with Crippen LogP contribution >= 0.6 is 0 Å². The molecule has 7 heteroatoms. The fourth-order valence-electron chi connectivity index (χ4n) is 9.83. The Balaban J connectivity index is 1.44. The number of anilines is 6. The maximum atomic E-state index is 5.21. The van der Waals surface area contributed by atoms with Crippen molar-refractivity contribution >= 4 is 75.0 Å². The lowest BCUT2D eigenvalue weighted by Crippen LogP contribution is -2.54. The summed E-state index contributed by atoms with van der Waals surface area (Å²) in [5.41, 5.74) is 14.0. The minimum Gasteiger partial charge on any atom is -0.294 e. The van der Waals surface area contributed by atoms with Crippen LogP contribution in [-0.4, -0.2) is 35.5 Å². The van der Waals surface area contributed by atoms with Gasteiger partial charge < -0.3 is 0 Å². The van der Waals surface area contributed by atoms with Gasteiger partial charge >= 0.3 is 0 Å². The van der Waals surface area contributed by atoms with Crippen LogP contribution < -0.4 is 9.80 Å². The van der Waals surface area contributed by atoms with Crippen LogP contribution in [0.4, 0.5) is 34.5 Å². The van der Waals surface area contributed by atoms with E-state index in [9.17, 15) is 0 Å². The Hall–Kier alpha value is -5.76. The first-order valence-corrected chi connectivity index (χ1v) is 25.6. The number of para-hydroxylation sites is 2. The molecule has 0 N–H and O–H groups in total. The van der Waals surface area contributed by atoms with E-state index in [0.29, 0.717) is 5.95 Å². The molecule has 0 fully saturated rings. The minimum atomic E-state index is -2.15. The van der Waals surface area contributed by atoms with Crippen molar-refractivity contribution in [2.24, 2.45) is 0 Å². The summed E-state index contributed by atoms with van der Waals surface area (Å²) in [6, 6.07) is 51.0. The maximum Gasteiger partial charge on any atom is 0.235 e. The first kappa shape index (κ1) is 37.8. The number of rotatable bonds is 8. The molecule has 0 bridgehead atoms. The summed E-state index contributed by atoms with van der Waals surface area (Å²) < 4.78 is -0.237. The summed E-state index contributed by atoms with van der Waals surface area (Å²) in [6.07, 6.45) is 4.95. The average Bonchev–Trinajstić information content (AvgIpc) is 3.50. The number of pyridine rings is 1. The van der Waals surface area contributed by atoms with Gasteiger partial charge in [0.05, 0.1) is 23.9 Å². The predicted molar refractivity (Wildman–Crippen MR) is 252 cm³/mol. The van der Waals surface area contributed by atoms with Crippen LogP contribution in [0.1, 0.15) is 33.8 Å². The summed E-state index contributed by atoms with van der Waals surface area (Å²) in [5.74, 6) is 1.61. The minimum absolute atomic E-state index is 0.0853. The SMILES string of the molecule is Cc1cc(C)nc(N(c2ccccc2)c2cc3c(c4ccccc24)-c2c(cc(N(c4ccccc4)c4nc(C)cc(C)n4)c4ccccc24)C3([S+](C)C)[Si](C)(C)C)c1. The Labute approximate surface area is 346 Å². The van der Waals surface area contributed by atoms with Crippen LogP contribution in [0, 0.1) is 27.7 Å². The van der Waals surface area contributed by atoms with E-state index in [1.54, 1.807) is 0 Å². The van der Waals surface area contributed by atoms with Gasteiger partial charge in [0, 0.05) is 50.4 Å². The molecule has 58 heavy (non-hydrogen) atoms. The van der Waals surface area contributed by atoms with E-state index in [4.69, 9.17) is 15.0 Å². The maximum absolute atomic E-state index is 5.21. The van der Waals surface area contributed by atoms with E-state index in [1.165, 1.54) is 49.4 Å². The number of hydrogen-bond donors (Lipinski definition) is 0. The second-order valence-electron chi connectivity index (χ2n) is 16.9. The molecule has 1 aliphatic rings. The number of nitrogens with zero attached hydrogens (tertiary/aromatic N) is 5. The first-order chi connectivity index (χ1) is 27.9. The highest BCUT2D eigenvalue weighted by Gasteiger charge is 2.62. The van der Waals surface area contributed by atoms with E-state index >= 15 is 0 Å². The van der Waals surface area contributed by atoms with Crippen molar-refractivity contribution < 1.29 is 0 Å². The van der Waals surface area contributed by atoms with E-state index in [2.05, 4.69) is 209 Å². The van der Waals surface area contributed by atoms with Crippen molar-refractivity contribution in [1.82, 2.24) is 15.0 Å². The topological polar surface area (TPSA) is 45.2 Å². The van der Waals surface area contributed by atoms with Gasteiger partial charge in [-0.2, -0.15) is 0 Å². The predicted octanol–water partition coefficient (Wildman–Crippen LogP) is 13.3. The molecule has 0 radical (unpaired) electrons. The van der Waals surface area contributed by atoms with Gasteiger partial charge in [0.25, 0.3) is 0 Å². The zero-order valence-electron chi connectivity index (χ0n) is 34.9. The molecule has 0 spiro atoms. The zero-order valence-corrected chi connectivity index (χ0v) is 36.7. The molecule has 0 aliphatic heterocycles. The van der Waals surface area contributed by atoms with Crippen molar-refractivity contribution in [3.05, 3.63) is 173 Å². The Bertz CT molecular complexity index is 2640. The van der Waals surface area contributed by atoms with Crippen LogP contribution in [0.3, 0.4) is 0 Å². The van der Waals surface area contributed by atoms with Gasteiger partial charge in [-0.05, 0) is 121 Å². The fraction of sp³-hybridized carbons (Fsp3) is 0.196. The molecule has 5 nitrogen and oxygen atoms in total. The molecule has 1 atom stereocenters. The lowest BCUT2D eigenvalue weighted by Gasteiger charge is -2.40. The zero-order chi connectivity index (χ0) is 40.5. The lowest BCUT2D eigenvalue weighted by atomic mass is 9.92. The van der Waals surface area contributed by atoms with Crippen LogP contribution in [0.5, 0.6) is 0 Å². The molecule has 288 valence electrons. The quantitative estimate of drug-likeness (QED) is 0.113. The van der Waals surface area contributed by atoms with Crippen molar-refractivity contribution in [3.63, 3.8) is 0 Å². The van der Waals surface area contributed by atoms with Crippen molar-refractivity contribution in [1.29, 1.82) is 0 Å². The van der Waals surface area contributed by atoms with Crippen molar-refractivity contribution in [2.75, 3.05) is 22.3 Å². The Morgan fingerprint density at radius 2 is 0.914 bits per heavy atom. The smallest absolute Gasteiger partial charge is 0.235 e. The molecule has 2 aromatic heterocycles. The number of aromatic nitrogens is 3. The molecule has 9 rings (SSSR count). The number of hydrogen-bond acceptors (Lipinski definition) is 5. The van der Waals surface area contributed by atoms with Crippen LogP contribution in [0.2, 0.25) is 19.6 Å². The first-order valence-electron chi connectivity index (χ1n) is 20.1. The number of benzene rings is 6. The second kappa shape index (κ2) is 14.3. The van der Waals surface area contributed by atoms with E-state index in [0.717, 1.165) is 45.6 Å². The molecular weight excluding hydrogens is 743 g/mol. The highest BCUT2D eigenvalue weighted by molar-refractivity contribution is 7.98. The Morgan fingerprint density at radius 3 is 1.38 bits per heavy atom. The Kier molecular flexibility index (Phi) is 9.29. The van der Waals surface area contributed by atoms with Crippen LogP contribution in [0.25, 0.3) is 32.7 Å². The summed E-state index contributed by atoms with van der Waals surface area (Å²) in [7, 11) is -2.24. The molecule has 0 saturated heterocycles. The van der Waals surface area contributed by atoms with Gasteiger partial charge in [-0.15, -0.1) is 0 Å². The van der Waals surface area contributed by atoms with Gasteiger partial charge in [-0.25, -0.2) is 15.0 Å². The molecule has 1 aliphatic carbocycles. The molecule has 0 saturated carbocycles. The molecule has 6 aromatic carbocycles. The van der Waals surface area contributed by atoms with Gasteiger partial charge in [-0.1, -0.05) is 105 Å². The van der Waals surface area contributed by atoms with Gasteiger partial charge in [0.2, 0.25) is 5.95 Å². The largest absolute Gasteiger partial charge is 0.294 e. The van der Waals surface area contributed by atoms with Crippen LogP contribution in [0.15, 0.2) is 140 Å². The standard InChI is InChI=1S/C51H50N5SSi/c1-33-28-34(2)52-47(29-33)55(37-20-12-10-13-21-37)45-31-43-48(41-26-18-16-24-39(41)45)49-42-27-19-17-25-40(42)46(32-44(49)51(43,57(5)6)58(7,8)9)56(38-22-14-11-15-23-38)50-53-35(3)30-36(4)54-50/h10-32H,1-9H3/q+1. The second-order valence-corrected chi connectivity index (χ2v) is 24.8. The third-order valence-electron chi connectivity index (χ3n) is 11.7. The van der Waals surface area contributed by atoms with E-state index in [-0.39, 0.29) is 15.3 Å². The van der Waals surface area contributed by atoms with Gasteiger partial charge in [0.1, 0.15) is 13.9 Å². The molecule has 0 amide bonds. The van der Waals surface area contributed by atoms with Crippen molar-refractivity contribution in [2.45, 2.75) is 51.7 Å². The average molecular weight is 793 g/mol. The third-order valence-corrected chi connectivity index (χ3v) is 19.1. The van der Waals surface area contributed by atoms with Crippen LogP contribution in [-0.2, 0) is 15.3 Å². The van der Waals surface area contributed by atoms with E-state index < -0.39 is 8.07 Å². The van der Waals surface area contributed by atoms with Gasteiger partial charge in [0.15, 0.2) is 4.37 Å². The number of aryl methyl sites for hydroxylation is 4. The Morgan fingerprint density at radius 1 is 0.483 bits per heavy atom. The normalized spacial score (nSPS) is 14.9. The van der Waals surface area contributed by atoms with E-state index in [1.807, 2.05) is 0 Å². The summed E-state index contributed by atoms with van der Waals surface area (Å²) >= 11 is 0. The summed E-state index contributed by atoms with van der Waals surface area (Å²) in [5, 5.41) is 4.90. The van der Waals surface area contributed by atoms with Crippen molar-refractivity contribution in [3.8, 4) is 11.1 Å². The summed E-state index contributed by atoms with van der Waals surface area (Å²) in [4.78, 5) is 20.1. The molecule has 2 heterocycles. The highest BCUT2D eigenvalue weighted by Crippen LogP contribution is 2.62. The fourth-order valence-corrected chi connectivity index (χ4v) is 17.9. The third kappa shape index (κ3) is 5.94. The summed E-state index contributed by atoms with van der Waals surface area (Å²) in [6.45, 7) is 16.1. The number of fused-ring (bicyclic) bond motifs is 7. The molecule has 8 aromatic rings. The highest BCUT2D eigenvalue weighted by atomic mass is 32.2. The molecular formula is C51H50N5SSi+. The lowest BCUT2D eigenvalue weighted by molar-refractivity contribution is 1.00. The monoisotopic (exact) mass is 792 g/mol. The molecule has 1 unspecified atom stereocenters. The van der Waals surface area contributed by atoms with Gasteiger partial charge in [-0.3, -0.25) is 9.80 Å².